The molecule has 1 unspecified atom stereocenters. The highest BCUT2D eigenvalue weighted by Crippen LogP contribution is 2.33. The molecule has 1 aromatic heterocycles. The summed E-state index contributed by atoms with van der Waals surface area (Å²) >= 11 is 1.63. The van der Waals surface area contributed by atoms with Gasteiger partial charge in [-0.1, -0.05) is 18.7 Å². The van der Waals surface area contributed by atoms with Crippen molar-refractivity contribution in [3.63, 3.8) is 0 Å². The Kier molecular flexibility index (Phi) is 4.93. The highest BCUT2D eigenvalue weighted by atomic mass is 32.2. The van der Waals surface area contributed by atoms with E-state index in [4.69, 9.17) is 0 Å². The summed E-state index contributed by atoms with van der Waals surface area (Å²) in [6.45, 7) is 4.96. The number of benzene rings is 1. The molecule has 0 saturated carbocycles. The van der Waals surface area contributed by atoms with E-state index in [9.17, 15) is 4.39 Å². The predicted octanol–water partition coefficient (Wildman–Crippen LogP) is 4.04. The standard InChI is InChI=1S/C15H17FN2S/c1-3-18-11(2)14-10-12(16)4-5-15(14)19-13-6-8-17-9-7-13/h4-11,18H,3H2,1-2H3. The molecule has 1 atom stereocenters. The second kappa shape index (κ2) is 6.68. The van der Waals surface area contributed by atoms with Gasteiger partial charge in [0, 0.05) is 28.2 Å². The first kappa shape index (κ1) is 14.0. The average molecular weight is 276 g/mol. The van der Waals surface area contributed by atoms with E-state index in [1.807, 2.05) is 25.1 Å². The van der Waals surface area contributed by atoms with Gasteiger partial charge in [0.1, 0.15) is 5.82 Å². The van der Waals surface area contributed by atoms with Crippen molar-refractivity contribution >= 4 is 11.8 Å². The minimum atomic E-state index is -0.196. The normalized spacial score (nSPS) is 12.4. The summed E-state index contributed by atoms with van der Waals surface area (Å²) in [6.07, 6.45) is 3.53. The second-order valence-electron chi connectivity index (χ2n) is 4.25. The lowest BCUT2D eigenvalue weighted by Crippen LogP contribution is -2.18. The molecule has 0 aliphatic heterocycles. The van der Waals surface area contributed by atoms with Crippen LogP contribution in [-0.4, -0.2) is 11.5 Å². The molecule has 1 N–H and O–H groups in total. The van der Waals surface area contributed by atoms with E-state index in [1.54, 1.807) is 30.2 Å². The SMILES string of the molecule is CCNC(C)c1cc(F)ccc1Sc1ccncc1. The average Bonchev–Trinajstić information content (AvgIpc) is 2.42. The molecule has 4 heteroatoms. The Hall–Kier alpha value is -1.39. The third-order valence-corrected chi connectivity index (χ3v) is 3.93. The Morgan fingerprint density at radius 1 is 1.26 bits per heavy atom. The highest BCUT2D eigenvalue weighted by molar-refractivity contribution is 7.99. The first-order chi connectivity index (χ1) is 9.20. The number of hydrogen-bond acceptors (Lipinski definition) is 3. The molecule has 0 saturated heterocycles. The van der Waals surface area contributed by atoms with Gasteiger partial charge in [0.25, 0.3) is 0 Å². The van der Waals surface area contributed by atoms with Crippen molar-refractivity contribution in [3.8, 4) is 0 Å². The van der Waals surface area contributed by atoms with Gasteiger partial charge in [0.05, 0.1) is 0 Å². The molecule has 100 valence electrons. The van der Waals surface area contributed by atoms with E-state index in [2.05, 4.69) is 17.2 Å². The zero-order valence-corrected chi connectivity index (χ0v) is 11.9. The van der Waals surface area contributed by atoms with Crippen molar-refractivity contribution in [3.05, 3.63) is 54.1 Å². The van der Waals surface area contributed by atoms with Crippen molar-refractivity contribution in [2.75, 3.05) is 6.54 Å². The molecule has 0 radical (unpaired) electrons. The molecule has 0 amide bonds. The summed E-state index contributed by atoms with van der Waals surface area (Å²) in [5, 5.41) is 3.32. The van der Waals surface area contributed by atoms with Crippen molar-refractivity contribution in [1.29, 1.82) is 0 Å². The van der Waals surface area contributed by atoms with E-state index in [1.165, 1.54) is 6.07 Å². The van der Waals surface area contributed by atoms with Crippen LogP contribution in [0.2, 0.25) is 0 Å². The second-order valence-corrected chi connectivity index (χ2v) is 5.36. The molecule has 1 aromatic carbocycles. The number of pyridine rings is 1. The van der Waals surface area contributed by atoms with Crippen molar-refractivity contribution < 1.29 is 4.39 Å². The van der Waals surface area contributed by atoms with Crippen LogP contribution in [0.1, 0.15) is 25.5 Å². The zero-order valence-electron chi connectivity index (χ0n) is 11.1. The van der Waals surface area contributed by atoms with E-state index in [-0.39, 0.29) is 11.9 Å². The van der Waals surface area contributed by atoms with Gasteiger partial charge in [-0.2, -0.15) is 0 Å². The van der Waals surface area contributed by atoms with Gasteiger partial charge in [-0.15, -0.1) is 0 Å². The van der Waals surface area contributed by atoms with Crippen molar-refractivity contribution in [1.82, 2.24) is 10.3 Å². The Labute approximate surface area is 117 Å². The Bertz CT molecular complexity index is 531. The fraction of sp³-hybridized carbons (Fsp3) is 0.267. The summed E-state index contributed by atoms with van der Waals surface area (Å²) in [7, 11) is 0. The smallest absolute Gasteiger partial charge is 0.123 e. The molecule has 0 aliphatic rings. The van der Waals surface area contributed by atoms with Gasteiger partial charge in [0.15, 0.2) is 0 Å². The molecule has 1 heterocycles. The number of rotatable bonds is 5. The number of nitrogens with zero attached hydrogens (tertiary/aromatic N) is 1. The van der Waals surface area contributed by atoms with E-state index in [0.717, 1.165) is 21.9 Å². The van der Waals surface area contributed by atoms with Crippen LogP contribution in [-0.2, 0) is 0 Å². The van der Waals surface area contributed by atoms with Crippen LogP contribution in [0, 0.1) is 5.82 Å². The Morgan fingerprint density at radius 2 is 2.00 bits per heavy atom. The topological polar surface area (TPSA) is 24.9 Å². The van der Waals surface area contributed by atoms with E-state index >= 15 is 0 Å². The molecular formula is C15H17FN2S. The van der Waals surface area contributed by atoms with Crippen molar-refractivity contribution in [2.45, 2.75) is 29.7 Å². The van der Waals surface area contributed by atoms with Gasteiger partial charge >= 0.3 is 0 Å². The molecule has 0 spiro atoms. The van der Waals surface area contributed by atoms with Crippen LogP contribution in [0.15, 0.2) is 52.5 Å². The third-order valence-electron chi connectivity index (χ3n) is 2.83. The zero-order chi connectivity index (χ0) is 13.7. The van der Waals surface area contributed by atoms with Crippen molar-refractivity contribution in [2.24, 2.45) is 0 Å². The quantitative estimate of drug-likeness (QED) is 0.892. The molecule has 19 heavy (non-hydrogen) atoms. The number of hydrogen-bond donors (Lipinski definition) is 1. The monoisotopic (exact) mass is 276 g/mol. The first-order valence-corrected chi connectivity index (χ1v) is 7.13. The molecule has 0 bridgehead atoms. The van der Waals surface area contributed by atoms with E-state index in [0.29, 0.717) is 0 Å². The number of aromatic nitrogens is 1. The summed E-state index contributed by atoms with van der Waals surface area (Å²) in [4.78, 5) is 6.18. The summed E-state index contributed by atoms with van der Waals surface area (Å²) < 4.78 is 13.4. The van der Waals surface area contributed by atoms with Gasteiger partial charge in [-0.05, 0) is 49.4 Å². The summed E-state index contributed by atoms with van der Waals surface area (Å²) in [5.74, 6) is -0.196. The van der Waals surface area contributed by atoms with Crippen LogP contribution < -0.4 is 5.32 Å². The molecule has 0 aliphatic carbocycles. The fourth-order valence-electron chi connectivity index (χ4n) is 1.90. The largest absolute Gasteiger partial charge is 0.310 e. The Balaban J connectivity index is 2.29. The lowest BCUT2D eigenvalue weighted by Gasteiger charge is -2.17. The fourth-order valence-corrected chi connectivity index (χ4v) is 2.90. The molecule has 2 nitrogen and oxygen atoms in total. The lowest BCUT2D eigenvalue weighted by molar-refractivity contribution is 0.574. The van der Waals surface area contributed by atoms with E-state index < -0.39 is 0 Å². The van der Waals surface area contributed by atoms with Crippen LogP contribution >= 0.6 is 11.8 Å². The van der Waals surface area contributed by atoms with Gasteiger partial charge in [-0.3, -0.25) is 4.98 Å². The maximum Gasteiger partial charge on any atom is 0.123 e. The number of halogens is 1. The molecule has 2 rings (SSSR count). The van der Waals surface area contributed by atoms with Crippen LogP contribution in [0.4, 0.5) is 4.39 Å². The molecule has 2 aromatic rings. The van der Waals surface area contributed by atoms with Crippen LogP contribution in [0.25, 0.3) is 0 Å². The van der Waals surface area contributed by atoms with Gasteiger partial charge < -0.3 is 5.32 Å². The lowest BCUT2D eigenvalue weighted by atomic mass is 10.1. The number of nitrogens with one attached hydrogen (secondary N) is 1. The maximum atomic E-state index is 13.4. The summed E-state index contributed by atoms with van der Waals surface area (Å²) in [5.41, 5.74) is 0.990. The summed E-state index contributed by atoms with van der Waals surface area (Å²) in [6, 6.07) is 8.99. The Morgan fingerprint density at radius 3 is 2.68 bits per heavy atom. The van der Waals surface area contributed by atoms with Crippen LogP contribution in [0.3, 0.4) is 0 Å². The minimum absolute atomic E-state index is 0.130. The first-order valence-electron chi connectivity index (χ1n) is 6.31. The highest BCUT2D eigenvalue weighted by Gasteiger charge is 2.12. The minimum Gasteiger partial charge on any atom is -0.310 e. The van der Waals surface area contributed by atoms with Gasteiger partial charge in [0.2, 0.25) is 0 Å². The maximum absolute atomic E-state index is 13.4. The molecule has 0 fully saturated rings. The molecular weight excluding hydrogens is 259 g/mol. The third kappa shape index (κ3) is 3.78. The van der Waals surface area contributed by atoms with Crippen LogP contribution in [0.5, 0.6) is 0 Å². The predicted molar refractivity (Wildman–Crippen MR) is 76.9 cm³/mol. The van der Waals surface area contributed by atoms with Gasteiger partial charge in [-0.25, -0.2) is 4.39 Å².